The Morgan fingerprint density at radius 2 is 1.73 bits per heavy atom. The Hall–Kier alpha value is -3.20. The van der Waals surface area contributed by atoms with Gasteiger partial charge in [-0.25, -0.2) is 4.98 Å². The number of carbonyl (C=O) groups excluding carboxylic acids is 1. The van der Waals surface area contributed by atoms with E-state index in [1.807, 2.05) is 35.2 Å². The largest absolute Gasteiger partial charge is 0.335 e. The van der Waals surface area contributed by atoms with E-state index >= 15 is 0 Å². The van der Waals surface area contributed by atoms with E-state index in [4.69, 9.17) is 0 Å². The van der Waals surface area contributed by atoms with Gasteiger partial charge in [-0.1, -0.05) is 36.8 Å². The van der Waals surface area contributed by atoms with Crippen molar-refractivity contribution in [2.75, 3.05) is 32.7 Å². The SMILES string of the molecule is O=C(c1cnccn1)N1CCN(CCCCCn2nnc(-c3ccccc3)n2)CC1. The lowest BCUT2D eigenvalue weighted by Crippen LogP contribution is -2.49. The highest BCUT2D eigenvalue weighted by Crippen LogP contribution is 2.12. The van der Waals surface area contributed by atoms with E-state index in [1.165, 1.54) is 6.20 Å². The Kier molecular flexibility index (Phi) is 6.71. The summed E-state index contributed by atoms with van der Waals surface area (Å²) in [7, 11) is 0. The van der Waals surface area contributed by atoms with Crippen molar-refractivity contribution in [2.45, 2.75) is 25.8 Å². The number of hydrogen-bond donors (Lipinski definition) is 0. The van der Waals surface area contributed by atoms with Gasteiger partial charge in [0.2, 0.25) is 5.82 Å². The molecule has 2 aromatic heterocycles. The Labute approximate surface area is 175 Å². The molecule has 9 nitrogen and oxygen atoms in total. The van der Waals surface area contributed by atoms with Crippen LogP contribution >= 0.6 is 0 Å². The van der Waals surface area contributed by atoms with Crippen molar-refractivity contribution in [3.05, 3.63) is 54.6 Å². The number of unbranched alkanes of at least 4 members (excludes halogenated alkanes) is 2. The normalized spacial score (nSPS) is 14.7. The van der Waals surface area contributed by atoms with Crippen LogP contribution in [0.2, 0.25) is 0 Å². The summed E-state index contributed by atoms with van der Waals surface area (Å²) in [5.41, 5.74) is 1.41. The average molecular weight is 406 g/mol. The van der Waals surface area contributed by atoms with Crippen LogP contribution in [0.25, 0.3) is 11.4 Å². The highest BCUT2D eigenvalue weighted by Gasteiger charge is 2.22. The van der Waals surface area contributed by atoms with Crippen molar-refractivity contribution >= 4 is 5.91 Å². The molecule has 0 spiro atoms. The van der Waals surface area contributed by atoms with E-state index in [1.54, 1.807) is 17.2 Å². The molecule has 1 aromatic carbocycles. The smallest absolute Gasteiger partial charge is 0.274 e. The number of aromatic nitrogens is 6. The molecule has 1 fully saturated rings. The molecule has 9 heteroatoms. The molecule has 1 amide bonds. The zero-order valence-electron chi connectivity index (χ0n) is 17.0. The quantitative estimate of drug-likeness (QED) is 0.526. The predicted molar refractivity (Wildman–Crippen MR) is 111 cm³/mol. The van der Waals surface area contributed by atoms with Crippen molar-refractivity contribution < 1.29 is 4.79 Å². The number of piperazine rings is 1. The lowest BCUT2D eigenvalue weighted by Gasteiger charge is -2.34. The first-order valence-electron chi connectivity index (χ1n) is 10.4. The molecule has 1 aliphatic heterocycles. The molecule has 0 saturated carbocycles. The standard InChI is InChI=1S/C21H26N8O/c30-21(19-17-22-9-10-23-19)28-15-13-27(14-16-28)11-5-2-6-12-29-25-20(24-26-29)18-7-3-1-4-8-18/h1,3-4,7-10,17H,2,5-6,11-16H2. The van der Waals surface area contributed by atoms with E-state index in [9.17, 15) is 4.79 Å². The maximum absolute atomic E-state index is 12.4. The van der Waals surface area contributed by atoms with Gasteiger partial charge in [0.15, 0.2) is 0 Å². The van der Waals surface area contributed by atoms with Gasteiger partial charge >= 0.3 is 0 Å². The maximum atomic E-state index is 12.4. The number of tetrazole rings is 1. The van der Waals surface area contributed by atoms with Crippen LogP contribution in [0.3, 0.4) is 0 Å². The molecule has 4 rings (SSSR count). The molecule has 0 atom stereocenters. The van der Waals surface area contributed by atoms with Crippen LogP contribution in [0.5, 0.6) is 0 Å². The third kappa shape index (κ3) is 5.24. The second-order valence-electron chi connectivity index (χ2n) is 7.36. The lowest BCUT2D eigenvalue weighted by atomic mass is 10.2. The maximum Gasteiger partial charge on any atom is 0.274 e. The molecular formula is C21H26N8O. The number of benzene rings is 1. The van der Waals surface area contributed by atoms with E-state index in [-0.39, 0.29) is 5.91 Å². The minimum absolute atomic E-state index is 0.0297. The Morgan fingerprint density at radius 3 is 2.50 bits per heavy atom. The molecule has 0 unspecified atom stereocenters. The van der Waals surface area contributed by atoms with Crippen LogP contribution < -0.4 is 0 Å². The first-order chi connectivity index (χ1) is 14.8. The van der Waals surface area contributed by atoms with E-state index in [0.29, 0.717) is 11.5 Å². The summed E-state index contributed by atoms with van der Waals surface area (Å²) in [6, 6.07) is 9.90. The number of aryl methyl sites for hydroxylation is 1. The molecular weight excluding hydrogens is 380 g/mol. The van der Waals surface area contributed by atoms with Crippen molar-refractivity contribution in [2.24, 2.45) is 0 Å². The van der Waals surface area contributed by atoms with Gasteiger partial charge in [0.05, 0.1) is 12.7 Å². The molecule has 0 bridgehead atoms. The number of amides is 1. The summed E-state index contributed by atoms with van der Waals surface area (Å²) < 4.78 is 0. The number of nitrogens with zero attached hydrogens (tertiary/aromatic N) is 8. The molecule has 0 radical (unpaired) electrons. The highest BCUT2D eigenvalue weighted by atomic mass is 16.2. The minimum Gasteiger partial charge on any atom is -0.335 e. The second-order valence-corrected chi connectivity index (χ2v) is 7.36. The summed E-state index contributed by atoms with van der Waals surface area (Å²) in [6.07, 6.45) is 7.92. The van der Waals surface area contributed by atoms with Gasteiger partial charge in [-0.15, -0.1) is 10.2 Å². The third-order valence-electron chi connectivity index (χ3n) is 5.26. The summed E-state index contributed by atoms with van der Waals surface area (Å²) in [5, 5.41) is 12.7. The fourth-order valence-corrected chi connectivity index (χ4v) is 3.55. The average Bonchev–Trinajstić information content (AvgIpc) is 3.29. The Bertz CT molecular complexity index is 922. The summed E-state index contributed by atoms with van der Waals surface area (Å²) in [6.45, 7) is 5.10. The summed E-state index contributed by atoms with van der Waals surface area (Å²) in [4.78, 5) is 26.5. The molecule has 1 saturated heterocycles. The van der Waals surface area contributed by atoms with Gasteiger partial charge < -0.3 is 4.90 Å². The summed E-state index contributed by atoms with van der Waals surface area (Å²) >= 11 is 0. The number of carbonyl (C=O) groups is 1. The summed E-state index contributed by atoms with van der Waals surface area (Å²) in [5.74, 6) is 0.641. The van der Waals surface area contributed by atoms with Gasteiger partial charge in [-0.05, 0) is 24.6 Å². The molecule has 3 heterocycles. The van der Waals surface area contributed by atoms with Crippen LogP contribution in [-0.2, 0) is 6.54 Å². The predicted octanol–water partition coefficient (Wildman–Crippen LogP) is 1.76. The number of hydrogen-bond acceptors (Lipinski definition) is 7. The lowest BCUT2D eigenvalue weighted by molar-refractivity contribution is 0.0629. The van der Waals surface area contributed by atoms with E-state index in [2.05, 4.69) is 30.3 Å². The van der Waals surface area contributed by atoms with Crippen LogP contribution in [0.15, 0.2) is 48.9 Å². The molecule has 1 aliphatic rings. The molecule has 0 aliphatic carbocycles. The molecule has 30 heavy (non-hydrogen) atoms. The van der Waals surface area contributed by atoms with Crippen LogP contribution in [0, 0.1) is 0 Å². The zero-order chi connectivity index (χ0) is 20.6. The Balaban J connectivity index is 1.12. The number of rotatable bonds is 8. The van der Waals surface area contributed by atoms with E-state index in [0.717, 1.165) is 64.1 Å². The highest BCUT2D eigenvalue weighted by molar-refractivity contribution is 5.92. The van der Waals surface area contributed by atoms with Gasteiger partial charge in [-0.2, -0.15) is 4.80 Å². The van der Waals surface area contributed by atoms with Crippen LogP contribution in [0.4, 0.5) is 0 Å². The molecule has 3 aromatic rings. The topological polar surface area (TPSA) is 92.9 Å². The van der Waals surface area contributed by atoms with Gasteiger partial charge in [0.25, 0.3) is 5.91 Å². The van der Waals surface area contributed by atoms with Crippen LogP contribution in [0.1, 0.15) is 29.8 Å². The van der Waals surface area contributed by atoms with E-state index < -0.39 is 0 Å². The van der Waals surface area contributed by atoms with Crippen molar-refractivity contribution in [3.8, 4) is 11.4 Å². The first kappa shape index (κ1) is 20.1. The van der Waals surface area contributed by atoms with Crippen molar-refractivity contribution in [1.82, 2.24) is 40.0 Å². The van der Waals surface area contributed by atoms with Gasteiger partial charge in [0.1, 0.15) is 5.69 Å². The van der Waals surface area contributed by atoms with Gasteiger partial charge in [-0.3, -0.25) is 14.7 Å². The zero-order valence-corrected chi connectivity index (χ0v) is 17.0. The second kappa shape index (κ2) is 10.0. The fourth-order valence-electron chi connectivity index (χ4n) is 3.55. The van der Waals surface area contributed by atoms with Crippen molar-refractivity contribution in [3.63, 3.8) is 0 Å². The minimum atomic E-state index is -0.0297. The fraction of sp³-hybridized carbons (Fsp3) is 0.429. The molecule has 156 valence electrons. The first-order valence-corrected chi connectivity index (χ1v) is 10.4. The molecule has 0 N–H and O–H groups in total. The van der Waals surface area contributed by atoms with Crippen LogP contribution in [-0.4, -0.2) is 78.6 Å². The van der Waals surface area contributed by atoms with Gasteiger partial charge in [0, 0.05) is 44.1 Å². The Morgan fingerprint density at radius 1 is 0.933 bits per heavy atom. The monoisotopic (exact) mass is 406 g/mol. The third-order valence-corrected chi connectivity index (χ3v) is 5.26. The van der Waals surface area contributed by atoms with Crippen molar-refractivity contribution in [1.29, 1.82) is 0 Å².